The van der Waals surface area contributed by atoms with Crippen LogP contribution in [-0.4, -0.2) is 6.98 Å². The Hall–Kier alpha value is -1.98. The Labute approximate surface area is 114 Å². The van der Waals surface area contributed by atoms with Crippen molar-refractivity contribution in [3.8, 4) is 5.75 Å². The molecule has 0 atom stereocenters. The fraction of sp³-hybridized carbons (Fsp3) is 0.143. The largest absolute Gasteiger partial charge is 0.509 e. The van der Waals surface area contributed by atoms with Crippen LogP contribution in [0.25, 0.3) is 0 Å². The maximum atomic E-state index is 13.0. The highest BCUT2D eigenvalue weighted by molar-refractivity contribution is 6.73. The zero-order valence-corrected chi connectivity index (χ0v) is 10.7. The number of halogens is 4. The predicted octanol–water partition coefficient (Wildman–Crippen LogP) is 3.77. The first kappa shape index (κ1) is 14.4. The van der Waals surface area contributed by atoms with Crippen LogP contribution in [0.2, 0.25) is 0 Å². The summed E-state index contributed by atoms with van der Waals surface area (Å²) < 4.78 is 56.1. The molecule has 0 aliphatic rings. The standard InChI is InChI=1S/C14H12BF4O/c1-10-7-12(15(17,18)19)5-6-14(10)20-9-11-3-2-4-13(16)8-11/h2-8H,9H2,1H3/q-1. The molecule has 0 N–H and O–H groups in total. The minimum absolute atomic E-state index is 0.106. The van der Waals surface area contributed by atoms with Crippen LogP contribution < -0.4 is 10.2 Å². The van der Waals surface area contributed by atoms with Gasteiger partial charge in [0.25, 0.3) is 0 Å². The molecule has 0 aliphatic carbocycles. The molecule has 0 aromatic heterocycles. The molecule has 2 rings (SSSR count). The molecule has 0 aliphatic heterocycles. The number of ether oxygens (including phenoxy) is 1. The van der Waals surface area contributed by atoms with E-state index in [1.165, 1.54) is 18.2 Å². The normalized spacial score (nSPS) is 11.4. The summed E-state index contributed by atoms with van der Waals surface area (Å²) in [7, 11) is 0. The monoisotopic (exact) mass is 283 g/mol. The first-order valence-corrected chi connectivity index (χ1v) is 6.04. The molecule has 20 heavy (non-hydrogen) atoms. The highest BCUT2D eigenvalue weighted by atomic mass is 19.4. The van der Waals surface area contributed by atoms with Crippen LogP contribution in [-0.2, 0) is 6.61 Å². The second kappa shape index (κ2) is 5.57. The maximum Gasteiger partial charge on any atom is 0.509 e. The van der Waals surface area contributed by atoms with Crippen LogP contribution in [0, 0.1) is 12.7 Å². The zero-order valence-electron chi connectivity index (χ0n) is 10.7. The topological polar surface area (TPSA) is 9.23 Å². The number of hydrogen-bond acceptors (Lipinski definition) is 1. The van der Waals surface area contributed by atoms with Gasteiger partial charge in [-0.25, -0.2) is 4.39 Å². The Morgan fingerprint density at radius 2 is 1.80 bits per heavy atom. The average Bonchev–Trinajstić information content (AvgIpc) is 2.36. The lowest BCUT2D eigenvalue weighted by Crippen LogP contribution is -2.34. The summed E-state index contributed by atoms with van der Waals surface area (Å²) in [5, 5.41) is 0. The van der Waals surface area contributed by atoms with Crippen LogP contribution in [0.15, 0.2) is 42.5 Å². The highest BCUT2D eigenvalue weighted by Gasteiger charge is 2.25. The molecule has 2 aromatic rings. The van der Waals surface area contributed by atoms with Gasteiger partial charge in [0.1, 0.15) is 18.2 Å². The summed E-state index contributed by atoms with van der Waals surface area (Å²) >= 11 is 0. The van der Waals surface area contributed by atoms with E-state index < -0.39 is 12.4 Å². The Balaban J connectivity index is 2.11. The molecule has 2 aromatic carbocycles. The molecule has 0 heterocycles. The molecule has 0 spiro atoms. The van der Waals surface area contributed by atoms with Gasteiger partial charge in [-0.15, -0.1) is 5.46 Å². The van der Waals surface area contributed by atoms with Gasteiger partial charge in [-0.3, -0.25) is 0 Å². The summed E-state index contributed by atoms with van der Waals surface area (Å²) in [5.74, 6) is -0.0176. The lowest BCUT2D eigenvalue weighted by atomic mass is 9.79. The van der Waals surface area contributed by atoms with Crippen LogP contribution in [0.4, 0.5) is 17.3 Å². The van der Waals surface area contributed by atoms with Crippen molar-refractivity contribution in [1.82, 2.24) is 0 Å². The van der Waals surface area contributed by atoms with Crippen molar-refractivity contribution < 1.29 is 22.1 Å². The molecular formula is C14H12BF4O-. The minimum Gasteiger partial charge on any atom is -0.489 e. The van der Waals surface area contributed by atoms with Crippen molar-refractivity contribution in [3.05, 3.63) is 59.4 Å². The summed E-state index contributed by atoms with van der Waals surface area (Å²) in [6.07, 6.45) is 0. The third-order valence-corrected chi connectivity index (χ3v) is 2.86. The summed E-state index contributed by atoms with van der Waals surface area (Å²) in [5.41, 5.74) is 0.368. The van der Waals surface area contributed by atoms with Gasteiger partial charge in [-0.2, -0.15) is 0 Å². The van der Waals surface area contributed by atoms with E-state index in [9.17, 15) is 17.3 Å². The zero-order chi connectivity index (χ0) is 14.8. The maximum absolute atomic E-state index is 13.0. The first-order valence-electron chi connectivity index (χ1n) is 6.04. The van der Waals surface area contributed by atoms with E-state index in [-0.39, 0.29) is 12.4 Å². The van der Waals surface area contributed by atoms with E-state index in [1.54, 1.807) is 19.1 Å². The van der Waals surface area contributed by atoms with E-state index in [0.717, 1.165) is 12.1 Å². The first-order chi connectivity index (χ1) is 9.36. The second-order valence-electron chi connectivity index (χ2n) is 4.52. The summed E-state index contributed by atoms with van der Waals surface area (Å²) in [6.45, 7) is -3.35. The third-order valence-electron chi connectivity index (χ3n) is 2.86. The molecular weight excluding hydrogens is 271 g/mol. The molecule has 1 nitrogen and oxygen atoms in total. The van der Waals surface area contributed by atoms with Crippen LogP contribution in [0.1, 0.15) is 11.1 Å². The van der Waals surface area contributed by atoms with E-state index in [0.29, 0.717) is 16.9 Å². The van der Waals surface area contributed by atoms with Crippen LogP contribution in [0.5, 0.6) is 5.75 Å². The van der Waals surface area contributed by atoms with Gasteiger partial charge < -0.3 is 17.7 Å². The SMILES string of the molecule is Cc1cc([B-](F)(F)F)ccc1OCc1cccc(F)c1. The number of aryl methyl sites for hydroxylation is 1. The lowest BCUT2D eigenvalue weighted by molar-refractivity contribution is 0.303. The minimum atomic E-state index is -5.01. The Bertz CT molecular complexity index is 610. The smallest absolute Gasteiger partial charge is 0.489 e. The Morgan fingerprint density at radius 3 is 2.40 bits per heavy atom. The molecule has 0 fully saturated rings. The van der Waals surface area contributed by atoms with E-state index >= 15 is 0 Å². The van der Waals surface area contributed by atoms with Gasteiger partial charge in [0.15, 0.2) is 0 Å². The number of benzene rings is 2. The quantitative estimate of drug-likeness (QED) is 0.613. The predicted molar refractivity (Wildman–Crippen MR) is 70.6 cm³/mol. The van der Waals surface area contributed by atoms with Crippen molar-refractivity contribution >= 4 is 12.4 Å². The van der Waals surface area contributed by atoms with Gasteiger partial charge in [0.2, 0.25) is 0 Å². The van der Waals surface area contributed by atoms with Gasteiger partial charge in [-0.05, 0) is 36.2 Å². The molecule has 0 unspecified atom stereocenters. The average molecular weight is 283 g/mol. The molecule has 0 bridgehead atoms. The number of hydrogen-bond donors (Lipinski definition) is 0. The van der Waals surface area contributed by atoms with Crippen LogP contribution >= 0.6 is 0 Å². The van der Waals surface area contributed by atoms with Gasteiger partial charge in [0.05, 0.1) is 0 Å². The molecule has 6 heteroatoms. The molecule has 0 amide bonds. The molecule has 0 saturated carbocycles. The fourth-order valence-corrected chi connectivity index (χ4v) is 1.83. The summed E-state index contributed by atoms with van der Waals surface area (Å²) in [6, 6.07) is 9.22. The summed E-state index contributed by atoms with van der Waals surface area (Å²) in [4.78, 5) is 0. The molecule has 106 valence electrons. The lowest BCUT2D eigenvalue weighted by Gasteiger charge is -2.17. The highest BCUT2D eigenvalue weighted by Crippen LogP contribution is 2.20. The third kappa shape index (κ3) is 3.53. The van der Waals surface area contributed by atoms with E-state index in [2.05, 4.69) is 0 Å². The van der Waals surface area contributed by atoms with Gasteiger partial charge >= 0.3 is 6.98 Å². The van der Waals surface area contributed by atoms with E-state index in [4.69, 9.17) is 4.74 Å². The van der Waals surface area contributed by atoms with Crippen LogP contribution in [0.3, 0.4) is 0 Å². The van der Waals surface area contributed by atoms with Crippen molar-refractivity contribution in [2.45, 2.75) is 13.5 Å². The van der Waals surface area contributed by atoms with E-state index in [1.807, 2.05) is 0 Å². The van der Waals surface area contributed by atoms with Gasteiger partial charge in [0, 0.05) is 0 Å². The molecule has 0 radical (unpaired) electrons. The fourth-order valence-electron chi connectivity index (χ4n) is 1.83. The number of rotatable bonds is 4. The Kier molecular flexibility index (Phi) is 4.02. The van der Waals surface area contributed by atoms with Crippen molar-refractivity contribution in [1.29, 1.82) is 0 Å². The molecule has 0 saturated heterocycles. The van der Waals surface area contributed by atoms with Gasteiger partial charge in [-0.1, -0.05) is 24.3 Å². The second-order valence-corrected chi connectivity index (χ2v) is 4.52. The Morgan fingerprint density at radius 1 is 1.05 bits per heavy atom. The van der Waals surface area contributed by atoms with Crippen molar-refractivity contribution in [2.75, 3.05) is 0 Å². The van der Waals surface area contributed by atoms with Crippen molar-refractivity contribution in [3.63, 3.8) is 0 Å². The van der Waals surface area contributed by atoms with Crippen molar-refractivity contribution in [2.24, 2.45) is 0 Å².